The Morgan fingerprint density at radius 3 is 2.95 bits per heavy atom. The smallest absolute Gasteiger partial charge is 0.223 e. The molecule has 0 radical (unpaired) electrons. The molecule has 0 atom stereocenters. The minimum Gasteiger partial charge on any atom is -0.354 e. The van der Waals surface area contributed by atoms with Crippen LogP contribution in [0.4, 0.5) is 0 Å². The molecule has 1 saturated heterocycles. The van der Waals surface area contributed by atoms with Gasteiger partial charge in [-0.05, 0) is 38.8 Å². The number of carbonyl (C=O) groups is 1. The largest absolute Gasteiger partial charge is 0.354 e. The van der Waals surface area contributed by atoms with E-state index >= 15 is 0 Å². The predicted octanol–water partition coefficient (Wildman–Crippen LogP) is 1.05. The molecule has 1 aliphatic carbocycles. The van der Waals surface area contributed by atoms with E-state index in [-0.39, 0.29) is 11.3 Å². The van der Waals surface area contributed by atoms with Gasteiger partial charge in [-0.25, -0.2) is 4.98 Å². The van der Waals surface area contributed by atoms with E-state index in [0.717, 1.165) is 45.3 Å². The number of amides is 1. The van der Waals surface area contributed by atoms with Crippen LogP contribution in [-0.4, -0.2) is 35.1 Å². The van der Waals surface area contributed by atoms with Crippen molar-refractivity contribution in [3.8, 4) is 0 Å². The highest BCUT2D eigenvalue weighted by molar-refractivity contribution is 5.80. The normalized spacial score (nSPS) is 21.6. The summed E-state index contributed by atoms with van der Waals surface area (Å²) in [7, 11) is 0. The highest BCUT2D eigenvalue weighted by Crippen LogP contribution is 2.32. The van der Waals surface area contributed by atoms with Gasteiger partial charge in [-0.1, -0.05) is 6.92 Å². The van der Waals surface area contributed by atoms with E-state index in [1.807, 2.05) is 12.5 Å². The van der Waals surface area contributed by atoms with Crippen LogP contribution in [0.2, 0.25) is 0 Å². The summed E-state index contributed by atoms with van der Waals surface area (Å²) in [4.78, 5) is 16.0. The molecule has 20 heavy (non-hydrogen) atoms. The van der Waals surface area contributed by atoms with E-state index in [9.17, 15) is 4.79 Å². The Labute approximate surface area is 120 Å². The molecule has 1 aromatic heterocycles. The number of rotatable bonds is 5. The molecule has 110 valence electrons. The fraction of sp³-hybridized carbons (Fsp3) is 0.733. The van der Waals surface area contributed by atoms with Crippen LogP contribution < -0.4 is 10.6 Å². The first-order chi connectivity index (χ1) is 9.69. The van der Waals surface area contributed by atoms with Crippen LogP contribution in [0.25, 0.3) is 0 Å². The lowest BCUT2D eigenvalue weighted by atomic mass is 9.78. The van der Waals surface area contributed by atoms with Crippen LogP contribution >= 0.6 is 0 Å². The summed E-state index contributed by atoms with van der Waals surface area (Å²) in [5.74, 6) is 0.513. The molecular weight excluding hydrogens is 252 g/mol. The third kappa shape index (κ3) is 2.87. The molecule has 1 saturated carbocycles. The summed E-state index contributed by atoms with van der Waals surface area (Å²) >= 11 is 0. The zero-order chi connectivity index (χ0) is 14.0. The molecule has 1 aliphatic heterocycles. The molecule has 2 heterocycles. The maximum atomic E-state index is 11.6. The van der Waals surface area contributed by atoms with Gasteiger partial charge in [0.25, 0.3) is 0 Å². The first-order valence-electron chi connectivity index (χ1n) is 7.68. The molecule has 0 aromatic carbocycles. The lowest BCUT2D eigenvalue weighted by Gasteiger charge is -2.34. The first kappa shape index (κ1) is 13.6. The van der Waals surface area contributed by atoms with E-state index < -0.39 is 0 Å². The van der Waals surface area contributed by atoms with Crippen molar-refractivity contribution in [2.24, 2.45) is 5.92 Å². The summed E-state index contributed by atoms with van der Waals surface area (Å²) in [5.41, 5.74) is 1.52. The van der Waals surface area contributed by atoms with Gasteiger partial charge >= 0.3 is 0 Å². The summed E-state index contributed by atoms with van der Waals surface area (Å²) in [6.45, 7) is 5.98. The number of carbonyl (C=O) groups excluding carboxylic acids is 1. The van der Waals surface area contributed by atoms with Gasteiger partial charge in [0.1, 0.15) is 0 Å². The van der Waals surface area contributed by atoms with Crippen molar-refractivity contribution in [2.75, 3.05) is 19.6 Å². The Balaban J connectivity index is 1.59. The molecule has 2 fully saturated rings. The fourth-order valence-corrected chi connectivity index (χ4v) is 3.03. The molecule has 5 heteroatoms. The van der Waals surface area contributed by atoms with Crippen LogP contribution in [0.15, 0.2) is 12.5 Å². The minimum atomic E-state index is 0.211. The van der Waals surface area contributed by atoms with Crippen molar-refractivity contribution < 1.29 is 4.79 Å². The summed E-state index contributed by atoms with van der Waals surface area (Å²) in [5, 5.41) is 6.44. The highest BCUT2D eigenvalue weighted by Gasteiger charge is 2.32. The number of hydrogen-bond acceptors (Lipinski definition) is 3. The molecule has 2 aliphatic rings. The molecule has 0 bridgehead atoms. The van der Waals surface area contributed by atoms with E-state index in [1.165, 1.54) is 5.69 Å². The Bertz CT molecular complexity index is 472. The van der Waals surface area contributed by atoms with E-state index in [4.69, 9.17) is 0 Å². The topological polar surface area (TPSA) is 59.0 Å². The van der Waals surface area contributed by atoms with Crippen molar-refractivity contribution in [3.05, 3.63) is 18.2 Å². The van der Waals surface area contributed by atoms with Gasteiger partial charge in [0, 0.05) is 36.3 Å². The molecule has 0 unspecified atom stereocenters. The monoisotopic (exact) mass is 276 g/mol. The number of hydrogen-bond donors (Lipinski definition) is 2. The Morgan fingerprint density at radius 1 is 1.50 bits per heavy atom. The zero-order valence-electron chi connectivity index (χ0n) is 12.2. The molecule has 0 spiro atoms. The molecule has 5 nitrogen and oxygen atoms in total. The van der Waals surface area contributed by atoms with Crippen LogP contribution in [0.1, 0.15) is 38.3 Å². The summed E-state index contributed by atoms with van der Waals surface area (Å²) < 4.78 is 2.21. The van der Waals surface area contributed by atoms with Crippen LogP contribution in [-0.2, 0) is 16.8 Å². The van der Waals surface area contributed by atoms with E-state index in [1.54, 1.807) is 0 Å². The number of nitrogens with one attached hydrogen (secondary N) is 2. The van der Waals surface area contributed by atoms with Crippen molar-refractivity contribution in [3.63, 3.8) is 0 Å². The first-order valence-corrected chi connectivity index (χ1v) is 7.68. The average molecular weight is 276 g/mol. The quantitative estimate of drug-likeness (QED) is 0.845. The van der Waals surface area contributed by atoms with E-state index in [0.29, 0.717) is 12.5 Å². The SMILES string of the molecule is CC1(c2cncn2CCNC(=O)C2CC2)CCNCC1. The van der Waals surface area contributed by atoms with Gasteiger partial charge in [-0.15, -0.1) is 0 Å². The lowest BCUT2D eigenvalue weighted by Crippen LogP contribution is -2.39. The Morgan fingerprint density at radius 2 is 2.25 bits per heavy atom. The van der Waals surface area contributed by atoms with Gasteiger partial charge in [0.05, 0.1) is 6.33 Å². The minimum absolute atomic E-state index is 0.211. The third-order valence-corrected chi connectivity index (χ3v) is 4.64. The molecule has 3 rings (SSSR count). The van der Waals surface area contributed by atoms with Gasteiger partial charge < -0.3 is 15.2 Å². The second kappa shape index (κ2) is 5.56. The standard InChI is InChI=1S/C15H24N4O/c1-15(4-6-16-7-5-15)13-10-17-11-19(13)9-8-18-14(20)12-2-3-12/h10-12,16H,2-9H2,1H3,(H,18,20). The second-order valence-electron chi connectivity index (χ2n) is 6.35. The molecule has 1 aromatic rings. The van der Waals surface area contributed by atoms with Crippen LogP contribution in [0.5, 0.6) is 0 Å². The summed E-state index contributed by atoms with van der Waals surface area (Å²) in [6.07, 6.45) is 8.31. The zero-order valence-corrected chi connectivity index (χ0v) is 12.2. The predicted molar refractivity (Wildman–Crippen MR) is 77.4 cm³/mol. The third-order valence-electron chi connectivity index (χ3n) is 4.64. The average Bonchev–Trinajstić information content (AvgIpc) is 3.19. The van der Waals surface area contributed by atoms with Crippen molar-refractivity contribution in [1.29, 1.82) is 0 Å². The van der Waals surface area contributed by atoms with Gasteiger partial charge in [-0.2, -0.15) is 0 Å². The maximum Gasteiger partial charge on any atom is 0.223 e. The maximum absolute atomic E-state index is 11.6. The molecule has 2 N–H and O–H groups in total. The Hall–Kier alpha value is -1.36. The molecular formula is C15H24N4O. The Kier molecular flexibility index (Phi) is 3.78. The van der Waals surface area contributed by atoms with Crippen molar-refractivity contribution in [2.45, 2.75) is 44.6 Å². The van der Waals surface area contributed by atoms with Crippen molar-refractivity contribution >= 4 is 5.91 Å². The number of aromatic nitrogens is 2. The van der Waals surface area contributed by atoms with E-state index in [2.05, 4.69) is 27.1 Å². The fourth-order valence-electron chi connectivity index (χ4n) is 3.03. The number of imidazole rings is 1. The second-order valence-corrected chi connectivity index (χ2v) is 6.35. The van der Waals surface area contributed by atoms with Gasteiger partial charge in [0.15, 0.2) is 0 Å². The number of piperidine rings is 1. The van der Waals surface area contributed by atoms with Crippen LogP contribution in [0.3, 0.4) is 0 Å². The lowest BCUT2D eigenvalue weighted by molar-refractivity contribution is -0.122. The van der Waals surface area contributed by atoms with Gasteiger partial charge in [-0.3, -0.25) is 4.79 Å². The van der Waals surface area contributed by atoms with Gasteiger partial charge in [0.2, 0.25) is 5.91 Å². The highest BCUT2D eigenvalue weighted by atomic mass is 16.2. The number of nitrogens with zero attached hydrogens (tertiary/aromatic N) is 2. The molecule has 1 amide bonds. The summed E-state index contributed by atoms with van der Waals surface area (Å²) in [6, 6.07) is 0. The van der Waals surface area contributed by atoms with Crippen LogP contribution in [0, 0.1) is 5.92 Å². The van der Waals surface area contributed by atoms with Crippen molar-refractivity contribution in [1.82, 2.24) is 20.2 Å².